The first-order chi connectivity index (χ1) is 11.3. The van der Waals surface area contributed by atoms with Crippen molar-refractivity contribution in [2.24, 2.45) is 32.8 Å². The first-order valence-electron chi connectivity index (χ1n) is 10.3. The largest absolute Gasteiger partial charge is 0.356 e. The van der Waals surface area contributed by atoms with E-state index in [9.17, 15) is 4.79 Å². The second kappa shape index (κ2) is 8.63. The van der Waals surface area contributed by atoms with Crippen molar-refractivity contribution in [1.29, 1.82) is 0 Å². The van der Waals surface area contributed by atoms with E-state index >= 15 is 0 Å². The molecule has 3 heteroatoms. The number of hydrogen-bond donors (Lipinski definition) is 2. The first-order valence-corrected chi connectivity index (χ1v) is 10.3. The van der Waals surface area contributed by atoms with Gasteiger partial charge in [0.15, 0.2) is 0 Å². The Morgan fingerprint density at radius 3 is 1.58 bits per heavy atom. The second-order valence-corrected chi connectivity index (χ2v) is 12.9. The predicted molar refractivity (Wildman–Crippen MR) is 115 cm³/mol. The van der Waals surface area contributed by atoms with E-state index in [1.165, 1.54) is 0 Å². The van der Waals surface area contributed by atoms with Crippen molar-refractivity contribution in [2.45, 2.75) is 102 Å². The minimum atomic E-state index is -0.000491. The highest BCUT2D eigenvalue weighted by atomic mass is 16.1. The molecule has 0 aromatic rings. The van der Waals surface area contributed by atoms with Crippen LogP contribution in [-0.2, 0) is 4.79 Å². The van der Waals surface area contributed by atoms with Crippen LogP contribution in [0.1, 0.15) is 102 Å². The van der Waals surface area contributed by atoms with E-state index in [1.54, 1.807) is 0 Å². The summed E-state index contributed by atoms with van der Waals surface area (Å²) in [6.07, 6.45) is 3.79. The van der Waals surface area contributed by atoms with Crippen LogP contribution in [0.15, 0.2) is 0 Å². The lowest BCUT2D eigenvalue weighted by atomic mass is 9.67. The third-order valence-corrected chi connectivity index (χ3v) is 4.88. The fraction of sp³-hybridized carbons (Fsp3) is 0.957. The highest BCUT2D eigenvalue weighted by Crippen LogP contribution is 2.43. The van der Waals surface area contributed by atoms with Crippen molar-refractivity contribution in [3.05, 3.63) is 0 Å². The summed E-state index contributed by atoms with van der Waals surface area (Å²) < 4.78 is 0. The van der Waals surface area contributed by atoms with Crippen molar-refractivity contribution in [3.63, 3.8) is 0 Å². The normalized spacial score (nSPS) is 14.5. The molecule has 0 rings (SSSR count). The summed E-state index contributed by atoms with van der Waals surface area (Å²) in [7, 11) is 0. The molecular formula is C23H48N2O. The van der Waals surface area contributed by atoms with Crippen molar-refractivity contribution >= 4 is 5.91 Å². The summed E-state index contributed by atoms with van der Waals surface area (Å²) >= 11 is 0. The lowest BCUT2D eigenvalue weighted by molar-refractivity contribution is -0.124. The molecule has 0 heterocycles. The van der Waals surface area contributed by atoms with Crippen LogP contribution in [0.4, 0.5) is 0 Å². The zero-order chi connectivity index (χ0) is 21.0. The van der Waals surface area contributed by atoms with Gasteiger partial charge >= 0.3 is 0 Å². The van der Waals surface area contributed by atoms with Crippen molar-refractivity contribution in [2.75, 3.05) is 13.1 Å². The average Bonchev–Trinajstić information content (AvgIpc) is 2.30. The van der Waals surface area contributed by atoms with E-state index in [0.717, 1.165) is 19.3 Å². The molecule has 3 N–H and O–H groups in total. The van der Waals surface area contributed by atoms with E-state index in [2.05, 4.69) is 81.5 Å². The van der Waals surface area contributed by atoms with Crippen LogP contribution in [0.2, 0.25) is 0 Å². The Balaban J connectivity index is 4.66. The number of nitrogens with one attached hydrogen (secondary N) is 1. The maximum atomic E-state index is 12.6. The molecule has 0 saturated carbocycles. The summed E-state index contributed by atoms with van der Waals surface area (Å²) in [5.74, 6) is 0.167. The Morgan fingerprint density at radius 1 is 0.692 bits per heavy atom. The van der Waals surface area contributed by atoms with Crippen LogP contribution in [0.3, 0.4) is 0 Å². The van der Waals surface area contributed by atoms with E-state index in [1.807, 2.05) is 0 Å². The summed E-state index contributed by atoms with van der Waals surface area (Å²) in [6, 6.07) is 0. The lowest BCUT2D eigenvalue weighted by Gasteiger charge is -2.39. The number of nitrogens with two attached hydrogens (primary N) is 1. The highest BCUT2D eigenvalue weighted by molar-refractivity contribution is 5.76. The zero-order valence-electron chi connectivity index (χ0n) is 19.7. The molecule has 0 aliphatic rings. The first kappa shape index (κ1) is 25.4. The number of carbonyl (C=O) groups is 1. The number of amides is 1. The van der Waals surface area contributed by atoms with Gasteiger partial charge in [-0.1, -0.05) is 76.2 Å². The molecule has 0 aromatic heterocycles. The van der Waals surface area contributed by atoms with Gasteiger partial charge in [-0.25, -0.2) is 0 Å². The molecule has 0 saturated heterocycles. The minimum absolute atomic E-state index is 0.000491. The van der Waals surface area contributed by atoms with Gasteiger partial charge in [0.1, 0.15) is 0 Å². The van der Waals surface area contributed by atoms with Gasteiger partial charge in [0, 0.05) is 13.0 Å². The minimum Gasteiger partial charge on any atom is -0.356 e. The van der Waals surface area contributed by atoms with E-state index in [4.69, 9.17) is 5.73 Å². The van der Waals surface area contributed by atoms with Crippen LogP contribution in [0, 0.1) is 27.1 Å². The maximum Gasteiger partial charge on any atom is 0.220 e. The molecule has 0 bridgehead atoms. The molecule has 3 nitrogen and oxygen atoms in total. The van der Waals surface area contributed by atoms with Crippen molar-refractivity contribution in [1.82, 2.24) is 5.32 Å². The number of rotatable bonds is 10. The van der Waals surface area contributed by atoms with Gasteiger partial charge < -0.3 is 11.1 Å². The van der Waals surface area contributed by atoms with E-state index in [-0.39, 0.29) is 27.6 Å². The van der Waals surface area contributed by atoms with Crippen molar-refractivity contribution in [3.8, 4) is 0 Å². The molecule has 0 spiro atoms. The van der Waals surface area contributed by atoms with Gasteiger partial charge in [-0.3, -0.25) is 4.79 Å². The molecule has 156 valence electrons. The van der Waals surface area contributed by atoms with E-state index in [0.29, 0.717) is 24.9 Å². The lowest BCUT2D eigenvalue weighted by Crippen LogP contribution is -2.40. The Morgan fingerprint density at radius 2 is 1.15 bits per heavy atom. The fourth-order valence-electron chi connectivity index (χ4n) is 5.12. The molecule has 0 radical (unpaired) electrons. The number of carbonyl (C=O) groups excluding carboxylic acids is 1. The SMILES string of the molecule is CC(C)(C)CC(C)(C)CC(C)(C)CC(=O)NCC(C)(C)CC(C)(C)CN. The molecule has 26 heavy (non-hydrogen) atoms. The Hall–Kier alpha value is -0.570. The fourth-order valence-corrected chi connectivity index (χ4v) is 5.12. The topological polar surface area (TPSA) is 55.1 Å². The Kier molecular flexibility index (Phi) is 8.44. The summed E-state index contributed by atoms with van der Waals surface area (Å²) in [5, 5.41) is 3.18. The summed E-state index contributed by atoms with van der Waals surface area (Å²) in [6.45, 7) is 26.2. The smallest absolute Gasteiger partial charge is 0.220 e. The molecule has 0 atom stereocenters. The van der Waals surface area contributed by atoms with E-state index < -0.39 is 0 Å². The van der Waals surface area contributed by atoms with Crippen LogP contribution < -0.4 is 11.1 Å². The zero-order valence-corrected chi connectivity index (χ0v) is 19.7. The third-order valence-electron chi connectivity index (χ3n) is 4.88. The third kappa shape index (κ3) is 11.9. The Labute approximate surface area is 164 Å². The van der Waals surface area contributed by atoms with Crippen molar-refractivity contribution < 1.29 is 4.79 Å². The highest BCUT2D eigenvalue weighted by Gasteiger charge is 2.34. The summed E-state index contributed by atoms with van der Waals surface area (Å²) in [4.78, 5) is 12.6. The molecule has 0 fully saturated rings. The number of hydrogen-bond acceptors (Lipinski definition) is 2. The molecule has 0 aliphatic heterocycles. The van der Waals surface area contributed by atoms with Crippen LogP contribution in [-0.4, -0.2) is 19.0 Å². The summed E-state index contributed by atoms with van der Waals surface area (Å²) in [5.41, 5.74) is 6.55. The molecule has 0 aromatic carbocycles. The standard InChI is InChI=1S/C23H48N2O/c1-19(2,3)13-21(6,7)14-20(4,5)12-18(26)25-17-23(10,11)15-22(8,9)16-24/h12-17,24H2,1-11H3,(H,25,26). The molecule has 1 amide bonds. The van der Waals surface area contributed by atoms with Gasteiger partial charge in [0.25, 0.3) is 0 Å². The van der Waals surface area contributed by atoms with Gasteiger partial charge in [0.2, 0.25) is 5.91 Å². The monoisotopic (exact) mass is 368 g/mol. The average molecular weight is 369 g/mol. The van der Waals surface area contributed by atoms with Crippen LogP contribution in [0.25, 0.3) is 0 Å². The predicted octanol–water partition coefficient (Wildman–Crippen LogP) is 5.77. The van der Waals surface area contributed by atoms with Crippen LogP contribution >= 0.6 is 0 Å². The van der Waals surface area contributed by atoms with Gasteiger partial charge in [-0.05, 0) is 52.9 Å². The quantitative estimate of drug-likeness (QED) is 0.514. The molecule has 0 aliphatic carbocycles. The molecular weight excluding hydrogens is 320 g/mol. The maximum absolute atomic E-state index is 12.6. The van der Waals surface area contributed by atoms with Gasteiger partial charge in [-0.15, -0.1) is 0 Å². The van der Waals surface area contributed by atoms with Crippen LogP contribution in [0.5, 0.6) is 0 Å². The molecule has 0 unspecified atom stereocenters. The Bertz CT molecular complexity index is 453. The second-order valence-electron chi connectivity index (χ2n) is 12.9. The van der Waals surface area contributed by atoms with Gasteiger partial charge in [0.05, 0.1) is 0 Å². The van der Waals surface area contributed by atoms with Gasteiger partial charge in [-0.2, -0.15) is 0 Å².